The van der Waals surface area contributed by atoms with E-state index < -0.39 is 0 Å². The summed E-state index contributed by atoms with van der Waals surface area (Å²) in [6, 6.07) is 10.7. The largest absolute Gasteiger partial charge is 0.349 e. The third kappa shape index (κ3) is 3.76. The fourth-order valence-electron chi connectivity index (χ4n) is 1.71. The van der Waals surface area contributed by atoms with E-state index in [-0.39, 0.29) is 17.6 Å². The van der Waals surface area contributed by atoms with E-state index in [4.69, 9.17) is 5.26 Å². The standard InChI is InChI=1S/C15H15N5O/c1-10(2)19-15(21)13-7-14(18-9-17-13)20-12-6-4-3-5-11(12)8-16/h3-7,9-10H,1-2H3,(H,19,21)(H,17,18,20). The van der Waals surface area contributed by atoms with Gasteiger partial charge < -0.3 is 10.6 Å². The molecule has 0 unspecified atom stereocenters. The smallest absolute Gasteiger partial charge is 0.270 e. The van der Waals surface area contributed by atoms with Crippen LogP contribution in [-0.2, 0) is 0 Å². The Hall–Kier alpha value is -2.94. The van der Waals surface area contributed by atoms with Gasteiger partial charge in [-0.25, -0.2) is 9.97 Å². The Kier molecular flexibility index (Phi) is 4.46. The first-order valence-electron chi connectivity index (χ1n) is 6.49. The van der Waals surface area contributed by atoms with Gasteiger partial charge in [-0.2, -0.15) is 5.26 Å². The zero-order valence-corrected chi connectivity index (χ0v) is 11.8. The van der Waals surface area contributed by atoms with Crippen molar-refractivity contribution < 1.29 is 4.79 Å². The third-order valence-corrected chi connectivity index (χ3v) is 2.63. The molecule has 2 aromatic rings. The number of para-hydroxylation sites is 1. The Labute approximate surface area is 122 Å². The molecule has 0 aliphatic rings. The molecule has 1 heterocycles. The number of nitrogens with zero attached hydrogens (tertiary/aromatic N) is 3. The number of carbonyl (C=O) groups is 1. The molecule has 6 heteroatoms. The second kappa shape index (κ2) is 6.48. The quantitative estimate of drug-likeness (QED) is 0.896. The first kappa shape index (κ1) is 14.5. The molecule has 0 aliphatic carbocycles. The SMILES string of the molecule is CC(C)NC(=O)c1cc(Nc2ccccc2C#N)ncn1. The lowest BCUT2D eigenvalue weighted by Crippen LogP contribution is -2.30. The van der Waals surface area contributed by atoms with E-state index in [0.29, 0.717) is 17.1 Å². The number of carbonyl (C=O) groups excluding carboxylic acids is 1. The Morgan fingerprint density at radius 2 is 2.05 bits per heavy atom. The van der Waals surface area contributed by atoms with Crippen molar-refractivity contribution in [3.05, 3.63) is 47.9 Å². The summed E-state index contributed by atoms with van der Waals surface area (Å²) >= 11 is 0. The summed E-state index contributed by atoms with van der Waals surface area (Å²) in [6.45, 7) is 3.75. The lowest BCUT2D eigenvalue weighted by atomic mass is 10.2. The van der Waals surface area contributed by atoms with Crippen LogP contribution < -0.4 is 10.6 Å². The first-order valence-corrected chi connectivity index (χ1v) is 6.49. The van der Waals surface area contributed by atoms with Crippen molar-refractivity contribution in [2.75, 3.05) is 5.32 Å². The number of nitriles is 1. The molecule has 0 aliphatic heterocycles. The number of benzene rings is 1. The highest BCUT2D eigenvalue weighted by Crippen LogP contribution is 2.18. The van der Waals surface area contributed by atoms with Crippen molar-refractivity contribution in [2.24, 2.45) is 0 Å². The minimum absolute atomic E-state index is 0.0307. The van der Waals surface area contributed by atoms with E-state index in [9.17, 15) is 4.79 Å². The Balaban J connectivity index is 2.22. The summed E-state index contributed by atoms with van der Waals surface area (Å²) in [5.41, 5.74) is 1.41. The molecule has 0 saturated heterocycles. The zero-order valence-electron chi connectivity index (χ0n) is 11.8. The molecule has 1 aromatic carbocycles. The van der Waals surface area contributed by atoms with Gasteiger partial charge in [-0.05, 0) is 26.0 Å². The molecule has 0 bridgehead atoms. The van der Waals surface area contributed by atoms with Crippen molar-refractivity contribution in [3.8, 4) is 6.07 Å². The van der Waals surface area contributed by atoms with Gasteiger partial charge in [-0.3, -0.25) is 4.79 Å². The minimum atomic E-state index is -0.260. The molecule has 0 spiro atoms. The van der Waals surface area contributed by atoms with Crippen LogP contribution in [0.5, 0.6) is 0 Å². The van der Waals surface area contributed by atoms with Crippen LogP contribution in [0.3, 0.4) is 0 Å². The highest BCUT2D eigenvalue weighted by atomic mass is 16.1. The van der Waals surface area contributed by atoms with E-state index in [1.54, 1.807) is 24.3 Å². The molecule has 0 fully saturated rings. The summed E-state index contributed by atoms with van der Waals surface area (Å²) < 4.78 is 0. The van der Waals surface area contributed by atoms with Gasteiger partial charge in [-0.15, -0.1) is 0 Å². The van der Waals surface area contributed by atoms with Gasteiger partial charge in [0, 0.05) is 12.1 Å². The summed E-state index contributed by atoms with van der Waals surface area (Å²) in [5, 5.41) is 14.8. The molecule has 0 radical (unpaired) electrons. The van der Waals surface area contributed by atoms with Crippen molar-refractivity contribution in [2.45, 2.75) is 19.9 Å². The maximum absolute atomic E-state index is 11.9. The van der Waals surface area contributed by atoms with Crippen LogP contribution >= 0.6 is 0 Å². The summed E-state index contributed by atoms with van der Waals surface area (Å²) in [4.78, 5) is 19.9. The lowest BCUT2D eigenvalue weighted by molar-refractivity contribution is 0.0938. The van der Waals surface area contributed by atoms with Gasteiger partial charge in [0.1, 0.15) is 23.9 Å². The van der Waals surface area contributed by atoms with E-state index in [1.165, 1.54) is 6.33 Å². The number of amides is 1. The second-order valence-corrected chi connectivity index (χ2v) is 4.70. The van der Waals surface area contributed by atoms with Gasteiger partial charge in [0.15, 0.2) is 0 Å². The van der Waals surface area contributed by atoms with Crippen LogP contribution in [0.1, 0.15) is 29.9 Å². The third-order valence-electron chi connectivity index (χ3n) is 2.63. The first-order chi connectivity index (χ1) is 10.1. The molecule has 21 heavy (non-hydrogen) atoms. The van der Waals surface area contributed by atoms with Gasteiger partial charge in [0.05, 0.1) is 11.3 Å². The monoisotopic (exact) mass is 281 g/mol. The van der Waals surface area contributed by atoms with Crippen LogP contribution in [0.15, 0.2) is 36.7 Å². The molecular formula is C15H15N5O. The van der Waals surface area contributed by atoms with Gasteiger partial charge in [0.25, 0.3) is 5.91 Å². The van der Waals surface area contributed by atoms with Crippen molar-refractivity contribution in [1.29, 1.82) is 5.26 Å². The van der Waals surface area contributed by atoms with Crippen LogP contribution in [0.2, 0.25) is 0 Å². The molecule has 2 rings (SSSR count). The summed E-state index contributed by atoms with van der Waals surface area (Å²) in [6.07, 6.45) is 1.31. The van der Waals surface area contributed by atoms with Crippen LogP contribution in [0.4, 0.5) is 11.5 Å². The lowest BCUT2D eigenvalue weighted by Gasteiger charge is -2.10. The van der Waals surface area contributed by atoms with Crippen LogP contribution in [0, 0.1) is 11.3 Å². The molecule has 1 amide bonds. The topological polar surface area (TPSA) is 90.7 Å². The maximum Gasteiger partial charge on any atom is 0.270 e. The number of aromatic nitrogens is 2. The number of hydrogen-bond acceptors (Lipinski definition) is 5. The molecule has 2 N–H and O–H groups in total. The molecular weight excluding hydrogens is 266 g/mol. The van der Waals surface area contributed by atoms with E-state index in [1.807, 2.05) is 19.9 Å². The van der Waals surface area contributed by atoms with E-state index in [0.717, 1.165) is 0 Å². The normalized spacial score (nSPS) is 10.0. The predicted molar refractivity (Wildman–Crippen MR) is 79.1 cm³/mol. The van der Waals surface area contributed by atoms with Gasteiger partial charge in [-0.1, -0.05) is 12.1 Å². The molecule has 1 aromatic heterocycles. The van der Waals surface area contributed by atoms with Crippen molar-refractivity contribution >= 4 is 17.4 Å². The average Bonchev–Trinajstić information content (AvgIpc) is 2.47. The maximum atomic E-state index is 11.9. The fourth-order valence-corrected chi connectivity index (χ4v) is 1.71. The zero-order chi connectivity index (χ0) is 15.2. The Bertz CT molecular complexity index is 690. The van der Waals surface area contributed by atoms with Crippen LogP contribution in [-0.4, -0.2) is 21.9 Å². The van der Waals surface area contributed by atoms with E-state index >= 15 is 0 Å². The van der Waals surface area contributed by atoms with Crippen molar-refractivity contribution in [3.63, 3.8) is 0 Å². The van der Waals surface area contributed by atoms with Crippen molar-refractivity contribution in [1.82, 2.24) is 15.3 Å². The highest BCUT2D eigenvalue weighted by Gasteiger charge is 2.10. The minimum Gasteiger partial charge on any atom is -0.349 e. The fraction of sp³-hybridized carbons (Fsp3) is 0.200. The highest BCUT2D eigenvalue weighted by molar-refractivity contribution is 5.93. The Morgan fingerprint density at radius 1 is 1.29 bits per heavy atom. The molecule has 0 atom stereocenters. The number of anilines is 2. The number of hydrogen-bond donors (Lipinski definition) is 2. The number of rotatable bonds is 4. The summed E-state index contributed by atoms with van der Waals surface area (Å²) in [7, 11) is 0. The van der Waals surface area contributed by atoms with Gasteiger partial charge in [0.2, 0.25) is 0 Å². The van der Waals surface area contributed by atoms with E-state index in [2.05, 4.69) is 26.7 Å². The average molecular weight is 281 g/mol. The second-order valence-electron chi connectivity index (χ2n) is 4.70. The molecule has 106 valence electrons. The summed E-state index contributed by atoms with van der Waals surface area (Å²) in [5.74, 6) is 0.200. The van der Waals surface area contributed by atoms with Crippen LogP contribution in [0.25, 0.3) is 0 Å². The molecule has 0 saturated carbocycles. The number of nitrogens with one attached hydrogen (secondary N) is 2. The molecule has 6 nitrogen and oxygen atoms in total. The predicted octanol–water partition coefficient (Wildman–Crippen LogP) is 2.23. The Morgan fingerprint density at radius 3 is 2.76 bits per heavy atom. The van der Waals surface area contributed by atoms with Gasteiger partial charge >= 0.3 is 0 Å².